The molecule has 0 unspecified atom stereocenters. The highest BCUT2D eigenvalue weighted by atomic mass is 16.4. The molecule has 0 radical (unpaired) electrons. The Labute approximate surface area is 351 Å². The zero-order valence-electron chi connectivity index (χ0n) is 36.8. The molecule has 5 amide bonds. The van der Waals surface area contributed by atoms with Gasteiger partial charge in [-0.3, -0.25) is 28.8 Å². The molecule has 0 fully saturated rings. The van der Waals surface area contributed by atoms with E-state index in [-0.39, 0.29) is 31.2 Å². The average Bonchev–Trinajstić information content (AvgIpc) is 3.19. The second-order valence-corrected chi connectivity index (χ2v) is 16.3. The van der Waals surface area contributed by atoms with Crippen LogP contribution in [0.15, 0.2) is 0 Å². The summed E-state index contributed by atoms with van der Waals surface area (Å²) in [6, 6.07) is -3.72. The molecular weight excluding hydrogens is 737 g/mol. The van der Waals surface area contributed by atoms with E-state index in [2.05, 4.69) is 35.1 Å². The van der Waals surface area contributed by atoms with Crippen LogP contribution in [-0.2, 0) is 28.8 Å². The van der Waals surface area contributed by atoms with Crippen molar-refractivity contribution >= 4 is 35.5 Å². The minimum atomic E-state index is -1.48. The Hall–Kier alpha value is -3.22. The van der Waals surface area contributed by atoms with Crippen molar-refractivity contribution in [3.8, 4) is 0 Å². The Bertz CT molecular complexity index is 1090. The highest BCUT2D eigenvalue weighted by Gasteiger charge is 2.29. The Morgan fingerprint density at radius 2 is 0.845 bits per heavy atom. The first-order chi connectivity index (χ1) is 28.0. The van der Waals surface area contributed by atoms with E-state index < -0.39 is 48.2 Å². The van der Waals surface area contributed by atoms with Gasteiger partial charge in [0.1, 0.15) is 18.1 Å². The molecule has 0 saturated heterocycles. The van der Waals surface area contributed by atoms with Crippen LogP contribution in [0.2, 0.25) is 0 Å². The van der Waals surface area contributed by atoms with E-state index in [1.165, 1.54) is 122 Å². The summed E-state index contributed by atoms with van der Waals surface area (Å²) in [4.78, 5) is 74.4. The number of carboxylic acid groups (broad SMARTS) is 1. The molecule has 0 bridgehead atoms. The standard InChI is InChI=1S/C45H86N6O7/c1-3-5-7-9-11-13-15-17-19-21-23-25-27-32-40(52)48-34-30-29-31-37(44(57)51-39(36-46)45(58)50-38(43(47)56)35-42(54)55)49-41(53)33-28-26-24-22-20-18-16-14-12-10-8-6-4-2/h37-39H,3-36,46H2,1-2H3,(H2,47,56)(H,48,52)(H,49,53)(H,50,58)(H,51,57)(H,54,55)/t37-,38-,39-/m1/s1. The molecule has 0 aliphatic rings. The number of amides is 5. The number of carbonyl (C=O) groups excluding carboxylic acids is 5. The number of aliphatic carboxylic acids is 1. The van der Waals surface area contributed by atoms with E-state index in [1.54, 1.807) is 0 Å². The van der Waals surface area contributed by atoms with Crippen molar-refractivity contribution in [1.29, 1.82) is 0 Å². The molecule has 0 aliphatic heterocycles. The average molecular weight is 823 g/mol. The number of nitrogens with two attached hydrogens (primary N) is 2. The van der Waals surface area contributed by atoms with E-state index in [4.69, 9.17) is 16.6 Å². The highest BCUT2D eigenvalue weighted by Crippen LogP contribution is 2.15. The van der Waals surface area contributed by atoms with Gasteiger partial charge in [-0.05, 0) is 32.1 Å². The zero-order chi connectivity index (χ0) is 43.1. The lowest BCUT2D eigenvalue weighted by Crippen LogP contribution is -2.58. The second kappa shape index (κ2) is 39.3. The molecule has 58 heavy (non-hydrogen) atoms. The molecule has 3 atom stereocenters. The van der Waals surface area contributed by atoms with Gasteiger partial charge in [0, 0.05) is 25.9 Å². The number of carbonyl (C=O) groups is 6. The van der Waals surface area contributed by atoms with E-state index in [1.807, 2.05) is 0 Å². The SMILES string of the molecule is CCCCCCCCCCCCCCCC(=O)NCCCC[C@@H](NC(=O)CCCCCCCCCCCCCCC)C(=O)N[C@H](CN)C(=O)N[C@H](CC(=O)O)C(N)=O. The van der Waals surface area contributed by atoms with Crippen molar-refractivity contribution in [3.05, 3.63) is 0 Å². The minimum Gasteiger partial charge on any atom is -0.481 e. The van der Waals surface area contributed by atoms with Crippen LogP contribution in [-0.4, -0.2) is 71.8 Å². The number of hydrogen-bond donors (Lipinski definition) is 7. The summed E-state index contributed by atoms with van der Waals surface area (Å²) in [6.07, 6.45) is 33.2. The first-order valence-electron chi connectivity index (χ1n) is 23.4. The molecular formula is C45H86N6O7. The van der Waals surface area contributed by atoms with Gasteiger partial charge in [0.2, 0.25) is 29.5 Å². The van der Waals surface area contributed by atoms with Gasteiger partial charge < -0.3 is 37.8 Å². The fourth-order valence-electron chi connectivity index (χ4n) is 7.11. The fourth-order valence-corrected chi connectivity index (χ4v) is 7.11. The third-order valence-corrected chi connectivity index (χ3v) is 10.8. The van der Waals surface area contributed by atoms with Crippen molar-refractivity contribution in [3.63, 3.8) is 0 Å². The molecule has 13 heteroatoms. The molecule has 0 saturated carbocycles. The predicted molar refractivity (Wildman–Crippen MR) is 234 cm³/mol. The topological polar surface area (TPSA) is 223 Å². The van der Waals surface area contributed by atoms with Crippen LogP contribution in [0.1, 0.15) is 219 Å². The Morgan fingerprint density at radius 1 is 0.466 bits per heavy atom. The van der Waals surface area contributed by atoms with Crippen molar-refractivity contribution in [2.24, 2.45) is 11.5 Å². The summed E-state index contributed by atoms with van der Waals surface area (Å²) in [5.74, 6) is -4.10. The molecule has 13 nitrogen and oxygen atoms in total. The van der Waals surface area contributed by atoms with Gasteiger partial charge in [-0.1, -0.05) is 168 Å². The van der Waals surface area contributed by atoms with Crippen LogP contribution >= 0.6 is 0 Å². The quantitative estimate of drug-likeness (QED) is 0.0303. The third kappa shape index (κ3) is 33.7. The molecule has 0 aliphatic carbocycles. The number of hydrogen-bond acceptors (Lipinski definition) is 7. The van der Waals surface area contributed by atoms with Crippen molar-refractivity contribution in [2.75, 3.05) is 13.1 Å². The monoisotopic (exact) mass is 823 g/mol. The number of carboxylic acids is 1. The van der Waals surface area contributed by atoms with Crippen LogP contribution < -0.4 is 32.7 Å². The van der Waals surface area contributed by atoms with Gasteiger partial charge in [0.05, 0.1) is 6.42 Å². The van der Waals surface area contributed by atoms with Crippen molar-refractivity contribution < 1.29 is 33.9 Å². The van der Waals surface area contributed by atoms with Gasteiger partial charge in [0.15, 0.2) is 0 Å². The maximum Gasteiger partial charge on any atom is 0.305 e. The summed E-state index contributed by atoms with van der Waals surface area (Å²) in [7, 11) is 0. The highest BCUT2D eigenvalue weighted by molar-refractivity contribution is 5.95. The largest absolute Gasteiger partial charge is 0.481 e. The molecule has 0 aromatic rings. The Balaban J connectivity index is 4.72. The molecule has 0 spiro atoms. The molecule has 0 aromatic carbocycles. The number of unbranched alkanes of at least 4 members (excludes halogenated alkanes) is 25. The smallest absolute Gasteiger partial charge is 0.305 e. The van der Waals surface area contributed by atoms with E-state index >= 15 is 0 Å². The number of rotatable bonds is 42. The van der Waals surface area contributed by atoms with Crippen LogP contribution in [0, 0.1) is 0 Å². The lowest BCUT2D eigenvalue weighted by Gasteiger charge is -2.24. The molecule has 338 valence electrons. The summed E-state index contributed by atoms with van der Waals surface area (Å²) in [5.41, 5.74) is 11.0. The van der Waals surface area contributed by atoms with Gasteiger partial charge in [-0.2, -0.15) is 0 Å². The Morgan fingerprint density at radius 3 is 1.24 bits per heavy atom. The van der Waals surface area contributed by atoms with Gasteiger partial charge >= 0.3 is 5.97 Å². The minimum absolute atomic E-state index is 0.0115. The molecule has 0 heterocycles. The fraction of sp³-hybridized carbons (Fsp3) is 0.867. The molecule has 0 aromatic heterocycles. The van der Waals surface area contributed by atoms with Crippen LogP contribution in [0.4, 0.5) is 0 Å². The molecule has 9 N–H and O–H groups in total. The maximum atomic E-state index is 13.4. The zero-order valence-corrected chi connectivity index (χ0v) is 36.8. The maximum absolute atomic E-state index is 13.4. The first-order valence-corrected chi connectivity index (χ1v) is 23.4. The van der Waals surface area contributed by atoms with Crippen molar-refractivity contribution in [2.45, 2.75) is 237 Å². The summed E-state index contributed by atoms with van der Waals surface area (Å²) in [5, 5.41) is 19.6. The normalized spacial score (nSPS) is 12.7. The lowest BCUT2D eigenvalue weighted by atomic mass is 10.0. The van der Waals surface area contributed by atoms with Gasteiger partial charge in [-0.25, -0.2) is 0 Å². The summed E-state index contributed by atoms with van der Waals surface area (Å²) in [6.45, 7) is 4.60. The van der Waals surface area contributed by atoms with E-state index in [0.29, 0.717) is 32.2 Å². The molecule has 0 rings (SSSR count). The second-order valence-electron chi connectivity index (χ2n) is 16.3. The van der Waals surface area contributed by atoms with Crippen LogP contribution in [0.5, 0.6) is 0 Å². The van der Waals surface area contributed by atoms with E-state index in [9.17, 15) is 28.8 Å². The van der Waals surface area contributed by atoms with Gasteiger partial charge in [0.25, 0.3) is 0 Å². The van der Waals surface area contributed by atoms with Crippen LogP contribution in [0.25, 0.3) is 0 Å². The van der Waals surface area contributed by atoms with Gasteiger partial charge in [-0.15, -0.1) is 0 Å². The van der Waals surface area contributed by atoms with Crippen LogP contribution in [0.3, 0.4) is 0 Å². The predicted octanol–water partition coefficient (Wildman–Crippen LogP) is 7.61. The number of nitrogens with one attached hydrogen (secondary N) is 4. The Kier molecular flexibility index (Phi) is 37.1. The van der Waals surface area contributed by atoms with Crippen molar-refractivity contribution in [1.82, 2.24) is 21.3 Å². The summed E-state index contributed by atoms with van der Waals surface area (Å²) < 4.78 is 0. The lowest BCUT2D eigenvalue weighted by molar-refractivity contribution is -0.140. The number of primary amides is 1. The summed E-state index contributed by atoms with van der Waals surface area (Å²) >= 11 is 0. The third-order valence-electron chi connectivity index (χ3n) is 10.8. The first kappa shape index (κ1) is 54.8. The van der Waals surface area contributed by atoms with E-state index in [0.717, 1.165) is 38.5 Å².